The number of ketones is 1. The Morgan fingerprint density at radius 3 is 2.88 bits per heavy atom. The fraction of sp³-hybridized carbons (Fsp3) is 0.385. The van der Waals surface area contributed by atoms with Crippen LogP contribution >= 0.6 is 15.9 Å². The summed E-state index contributed by atoms with van der Waals surface area (Å²) in [5.41, 5.74) is 2.39. The number of halogens is 1. The maximum Gasteiger partial charge on any atom is 0.160 e. The summed E-state index contributed by atoms with van der Waals surface area (Å²) in [7, 11) is 1.88. The molecule has 1 rings (SSSR count). The van der Waals surface area contributed by atoms with Gasteiger partial charge < -0.3 is 0 Å². The van der Waals surface area contributed by atoms with Crippen LogP contribution in [-0.4, -0.2) is 24.3 Å². The van der Waals surface area contributed by atoms with Gasteiger partial charge in [-0.2, -0.15) is 5.26 Å². The highest BCUT2D eigenvalue weighted by Crippen LogP contribution is 2.17. The van der Waals surface area contributed by atoms with E-state index in [9.17, 15) is 4.79 Å². The predicted molar refractivity (Wildman–Crippen MR) is 70.5 cm³/mol. The van der Waals surface area contributed by atoms with Crippen LogP contribution in [0.3, 0.4) is 0 Å². The Morgan fingerprint density at radius 2 is 2.24 bits per heavy atom. The first-order valence-corrected chi connectivity index (χ1v) is 6.14. The number of nitriles is 1. The number of hydrogen-bond donors (Lipinski definition) is 0. The van der Waals surface area contributed by atoms with Crippen molar-refractivity contribution < 1.29 is 4.79 Å². The average Bonchev–Trinajstić information content (AvgIpc) is 2.23. The summed E-state index contributed by atoms with van der Waals surface area (Å²) in [6.07, 6.45) is -0.0121. The molecule has 0 saturated carbocycles. The van der Waals surface area contributed by atoms with Crippen LogP contribution in [0.15, 0.2) is 22.7 Å². The van der Waals surface area contributed by atoms with E-state index < -0.39 is 0 Å². The van der Waals surface area contributed by atoms with Gasteiger partial charge in [0.2, 0.25) is 0 Å². The van der Waals surface area contributed by atoms with Crippen LogP contribution in [0, 0.1) is 18.3 Å². The minimum atomic E-state index is -0.0392. The molecule has 0 atom stereocenters. The molecule has 1 aromatic carbocycles. The van der Waals surface area contributed by atoms with Crippen molar-refractivity contribution in [2.45, 2.75) is 19.9 Å². The number of nitrogens with zero attached hydrogens (tertiary/aromatic N) is 2. The molecule has 1 aromatic rings. The molecule has 0 aliphatic heterocycles. The molecule has 0 aliphatic carbocycles. The Hall–Kier alpha value is -1.18. The van der Waals surface area contributed by atoms with Gasteiger partial charge in [-0.05, 0) is 37.2 Å². The maximum atomic E-state index is 11.3. The molecular weight excluding hydrogens is 280 g/mol. The van der Waals surface area contributed by atoms with Crippen molar-refractivity contribution in [1.82, 2.24) is 4.90 Å². The summed E-state index contributed by atoms with van der Waals surface area (Å²) in [4.78, 5) is 13.2. The van der Waals surface area contributed by atoms with Crippen LogP contribution in [0.1, 0.15) is 17.5 Å². The number of likely N-dealkylation sites (N-methyl/N-ethyl adjacent to an activating group) is 1. The van der Waals surface area contributed by atoms with Crippen molar-refractivity contribution in [2.24, 2.45) is 0 Å². The van der Waals surface area contributed by atoms with Crippen molar-refractivity contribution in [3.63, 3.8) is 0 Å². The molecule has 0 bridgehead atoms. The van der Waals surface area contributed by atoms with Crippen molar-refractivity contribution in [1.29, 1.82) is 5.26 Å². The third-order valence-electron chi connectivity index (χ3n) is 2.47. The van der Waals surface area contributed by atoms with Gasteiger partial charge in [0.25, 0.3) is 0 Å². The minimum absolute atomic E-state index is 0.0121. The molecule has 0 aliphatic rings. The molecule has 0 amide bonds. The van der Waals surface area contributed by atoms with E-state index in [4.69, 9.17) is 5.26 Å². The fourth-order valence-corrected chi connectivity index (χ4v) is 2.01. The average molecular weight is 295 g/mol. The fourth-order valence-electron chi connectivity index (χ4n) is 1.60. The minimum Gasteiger partial charge on any atom is -0.297 e. The zero-order chi connectivity index (χ0) is 12.8. The Labute approximate surface area is 110 Å². The van der Waals surface area contributed by atoms with Crippen LogP contribution in [0.25, 0.3) is 0 Å². The van der Waals surface area contributed by atoms with E-state index in [1.54, 1.807) is 0 Å². The number of aryl methyl sites for hydroxylation is 1. The normalized spacial score (nSPS) is 10.3. The van der Waals surface area contributed by atoms with Gasteiger partial charge in [0, 0.05) is 11.0 Å². The SMILES string of the molecule is Cc1ccc(Br)cc1CN(C)CC(=O)CC#N. The maximum absolute atomic E-state index is 11.3. The molecule has 0 N–H and O–H groups in total. The topological polar surface area (TPSA) is 44.1 Å². The highest BCUT2D eigenvalue weighted by molar-refractivity contribution is 9.10. The van der Waals surface area contributed by atoms with Crippen LogP contribution in [0.2, 0.25) is 0 Å². The largest absolute Gasteiger partial charge is 0.297 e. The first-order valence-electron chi connectivity index (χ1n) is 5.35. The summed E-state index contributed by atoms with van der Waals surface area (Å²) < 4.78 is 1.04. The summed E-state index contributed by atoms with van der Waals surface area (Å²) in [6, 6.07) is 7.98. The number of benzene rings is 1. The van der Waals surface area contributed by atoms with Crippen LogP contribution < -0.4 is 0 Å². The number of Topliss-reactive ketones (excluding diaryl/α,β-unsaturated/α-hetero) is 1. The third-order valence-corrected chi connectivity index (χ3v) is 2.97. The van der Waals surface area contributed by atoms with Gasteiger partial charge >= 0.3 is 0 Å². The molecule has 0 aromatic heterocycles. The molecule has 0 saturated heterocycles. The second-order valence-corrected chi connectivity index (χ2v) is 5.03. The monoisotopic (exact) mass is 294 g/mol. The lowest BCUT2D eigenvalue weighted by Crippen LogP contribution is -2.25. The van der Waals surface area contributed by atoms with E-state index >= 15 is 0 Å². The smallest absolute Gasteiger partial charge is 0.160 e. The number of hydrogen-bond acceptors (Lipinski definition) is 3. The van der Waals surface area contributed by atoms with Gasteiger partial charge in [0.1, 0.15) is 0 Å². The van der Waals surface area contributed by atoms with Crippen molar-refractivity contribution in [3.05, 3.63) is 33.8 Å². The van der Waals surface area contributed by atoms with E-state index in [1.807, 2.05) is 37.1 Å². The molecule has 0 heterocycles. The van der Waals surface area contributed by atoms with Crippen molar-refractivity contribution in [2.75, 3.05) is 13.6 Å². The van der Waals surface area contributed by atoms with Gasteiger partial charge in [0.15, 0.2) is 5.78 Å². The lowest BCUT2D eigenvalue weighted by atomic mass is 10.1. The van der Waals surface area contributed by atoms with Crippen molar-refractivity contribution >= 4 is 21.7 Å². The second-order valence-electron chi connectivity index (χ2n) is 4.12. The Balaban J connectivity index is 2.62. The highest BCUT2D eigenvalue weighted by atomic mass is 79.9. The lowest BCUT2D eigenvalue weighted by molar-refractivity contribution is -0.119. The molecule has 0 fully saturated rings. The van der Waals surface area contributed by atoms with Crippen LogP contribution in [-0.2, 0) is 11.3 Å². The standard InChI is InChI=1S/C13H15BrN2O/c1-10-3-4-12(14)7-11(10)8-16(2)9-13(17)5-6-15/h3-4,7H,5,8-9H2,1-2H3. The van der Waals surface area contributed by atoms with Crippen molar-refractivity contribution in [3.8, 4) is 6.07 Å². The molecule has 90 valence electrons. The van der Waals surface area contributed by atoms with Gasteiger partial charge in [-0.3, -0.25) is 9.69 Å². The van der Waals surface area contributed by atoms with Gasteiger partial charge in [0.05, 0.1) is 19.0 Å². The van der Waals surface area contributed by atoms with E-state index in [2.05, 4.69) is 22.0 Å². The molecule has 0 radical (unpaired) electrons. The molecule has 0 unspecified atom stereocenters. The molecule has 4 heteroatoms. The summed E-state index contributed by atoms with van der Waals surface area (Å²) in [5, 5.41) is 8.42. The Morgan fingerprint density at radius 1 is 1.53 bits per heavy atom. The molecular formula is C13H15BrN2O. The van der Waals surface area contributed by atoms with Gasteiger partial charge in [-0.25, -0.2) is 0 Å². The first-order chi connectivity index (χ1) is 8.02. The number of carbonyl (C=O) groups excluding carboxylic acids is 1. The second kappa shape index (κ2) is 6.53. The van der Waals surface area contributed by atoms with Crippen LogP contribution in [0.4, 0.5) is 0 Å². The third kappa shape index (κ3) is 4.68. The molecule has 17 heavy (non-hydrogen) atoms. The first kappa shape index (κ1) is 13.9. The lowest BCUT2D eigenvalue weighted by Gasteiger charge is -2.16. The zero-order valence-electron chi connectivity index (χ0n) is 10.0. The molecule has 0 spiro atoms. The van der Waals surface area contributed by atoms with E-state index in [0.717, 1.165) is 4.47 Å². The zero-order valence-corrected chi connectivity index (χ0v) is 11.6. The number of carbonyl (C=O) groups is 1. The quantitative estimate of drug-likeness (QED) is 0.839. The van der Waals surface area contributed by atoms with Crippen LogP contribution in [0.5, 0.6) is 0 Å². The van der Waals surface area contributed by atoms with E-state index in [0.29, 0.717) is 13.1 Å². The van der Waals surface area contributed by atoms with E-state index in [-0.39, 0.29) is 12.2 Å². The summed E-state index contributed by atoms with van der Waals surface area (Å²) in [5.74, 6) is -0.0392. The van der Waals surface area contributed by atoms with Gasteiger partial charge in [-0.1, -0.05) is 22.0 Å². The number of rotatable bonds is 5. The van der Waals surface area contributed by atoms with Gasteiger partial charge in [-0.15, -0.1) is 0 Å². The predicted octanol–water partition coefficient (Wildman–Crippen LogP) is 2.67. The Kier molecular flexibility index (Phi) is 5.33. The summed E-state index contributed by atoms with van der Waals surface area (Å²) in [6.45, 7) is 3.08. The van der Waals surface area contributed by atoms with E-state index in [1.165, 1.54) is 11.1 Å². The Bertz CT molecular complexity index is 451. The summed E-state index contributed by atoms with van der Waals surface area (Å²) >= 11 is 3.43. The molecule has 3 nitrogen and oxygen atoms in total. The highest BCUT2D eigenvalue weighted by Gasteiger charge is 2.08.